The molecule has 3 rings (SSSR count). The number of anilines is 1. The summed E-state index contributed by atoms with van der Waals surface area (Å²) < 4.78 is 0. The molecule has 0 radical (unpaired) electrons. The van der Waals surface area contributed by atoms with Gasteiger partial charge in [-0.2, -0.15) is 0 Å². The molecule has 5 nitrogen and oxygen atoms in total. The summed E-state index contributed by atoms with van der Waals surface area (Å²) in [6.45, 7) is 16.4. The van der Waals surface area contributed by atoms with Gasteiger partial charge in [0.2, 0.25) is 0 Å². The van der Waals surface area contributed by atoms with Crippen LogP contribution in [0.5, 0.6) is 5.75 Å². The van der Waals surface area contributed by atoms with Crippen LogP contribution in [-0.4, -0.2) is 65.6 Å². The van der Waals surface area contributed by atoms with E-state index in [1.807, 2.05) is 55.2 Å². The zero-order valence-corrected chi connectivity index (χ0v) is 19.9. The van der Waals surface area contributed by atoms with Crippen LogP contribution in [-0.2, 0) is 6.42 Å². The molecule has 0 bridgehead atoms. The van der Waals surface area contributed by atoms with E-state index in [1.165, 1.54) is 0 Å². The number of nitrogens with zero attached hydrogens (tertiary/aromatic N) is 3. The molecule has 2 aromatic carbocycles. The Balaban J connectivity index is 1.83. The first-order valence-corrected chi connectivity index (χ1v) is 11.7. The SMILES string of the molecule is C=CCN1C[C@@H](C)N(c2c(O)cccc2Cc2ccc(C(=O)N(CC)CC)cc2)C[C@H]1C. The highest BCUT2D eigenvalue weighted by Gasteiger charge is 2.31. The normalized spacial score (nSPS) is 19.1. The number of piperazine rings is 1. The van der Waals surface area contributed by atoms with Crippen LogP contribution < -0.4 is 4.90 Å². The third-order valence-electron chi connectivity index (χ3n) is 6.51. The Hall–Kier alpha value is -2.79. The molecule has 1 heterocycles. The summed E-state index contributed by atoms with van der Waals surface area (Å²) in [5.74, 6) is 0.395. The van der Waals surface area contributed by atoms with Gasteiger partial charge in [-0.25, -0.2) is 0 Å². The van der Waals surface area contributed by atoms with Crippen molar-refractivity contribution in [3.8, 4) is 5.75 Å². The topological polar surface area (TPSA) is 47.0 Å². The Morgan fingerprint density at radius 3 is 2.41 bits per heavy atom. The summed E-state index contributed by atoms with van der Waals surface area (Å²) in [6, 6.07) is 14.3. The first kappa shape index (κ1) is 23.9. The number of phenols is 1. The molecular formula is C27H37N3O2. The zero-order valence-electron chi connectivity index (χ0n) is 19.9. The van der Waals surface area contributed by atoms with Crippen LogP contribution >= 0.6 is 0 Å². The van der Waals surface area contributed by atoms with E-state index in [2.05, 4.69) is 36.3 Å². The fraction of sp³-hybridized carbons (Fsp3) is 0.444. The second kappa shape index (κ2) is 10.7. The van der Waals surface area contributed by atoms with Crippen LogP contribution in [0.3, 0.4) is 0 Å². The Kier molecular flexibility index (Phi) is 7.97. The van der Waals surface area contributed by atoms with Crippen molar-refractivity contribution in [2.24, 2.45) is 0 Å². The van der Waals surface area contributed by atoms with E-state index in [4.69, 9.17) is 0 Å². The van der Waals surface area contributed by atoms with Crippen molar-refractivity contribution in [2.75, 3.05) is 37.6 Å². The van der Waals surface area contributed by atoms with Crippen molar-refractivity contribution in [2.45, 2.75) is 46.2 Å². The van der Waals surface area contributed by atoms with Gasteiger partial charge in [-0.15, -0.1) is 6.58 Å². The fourth-order valence-electron chi connectivity index (χ4n) is 4.66. The minimum Gasteiger partial charge on any atom is -0.506 e. The van der Waals surface area contributed by atoms with Crippen molar-refractivity contribution in [1.29, 1.82) is 0 Å². The molecule has 2 atom stereocenters. The number of carbonyl (C=O) groups is 1. The van der Waals surface area contributed by atoms with Gasteiger partial charge in [0.05, 0.1) is 5.69 Å². The minimum atomic E-state index is 0.0693. The third kappa shape index (κ3) is 5.16. The Morgan fingerprint density at radius 2 is 1.78 bits per heavy atom. The first-order chi connectivity index (χ1) is 15.4. The monoisotopic (exact) mass is 435 g/mol. The molecule has 1 saturated heterocycles. The van der Waals surface area contributed by atoms with Crippen molar-refractivity contribution >= 4 is 11.6 Å². The molecule has 1 aliphatic rings. The van der Waals surface area contributed by atoms with Gasteiger partial charge in [-0.1, -0.05) is 30.3 Å². The number of hydrogen-bond acceptors (Lipinski definition) is 4. The van der Waals surface area contributed by atoms with E-state index in [1.54, 1.807) is 6.07 Å². The molecule has 0 saturated carbocycles. The van der Waals surface area contributed by atoms with Crippen molar-refractivity contribution in [3.05, 3.63) is 71.8 Å². The second-order valence-electron chi connectivity index (χ2n) is 8.73. The highest BCUT2D eigenvalue weighted by molar-refractivity contribution is 5.94. The van der Waals surface area contributed by atoms with Crippen LogP contribution in [0.2, 0.25) is 0 Å². The number of carbonyl (C=O) groups excluding carboxylic acids is 1. The highest BCUT2D eigenvalue weighted by atomic mass is 16.3. The summed E-state index contributed by atoms with van der Waals surface area (Å²) in [4.78, 5) is 19.2. The number of para-hydroxylation sites is 1. The predicted molar refractivity (Wildman–Crippen MR) is 133 cm³/mol. The second-order valence-corrected chi connectivity index (χ2v) is 8.73. The summed E-state index contributed by atoms with van der Waals surface area (Å²) in [7, 11) is 0. The molecular weight excluding hydrogens is 398 g/mol. The van der Waals surface area contributed by atoms with Gasteiger partial charge in [0.1, 0.15) is 5.75 Å². The van der Waals surface area contributed by atoms with Crippen molar-refractivity contribution < 1.29 is 9.90 Å². The average Bonchev–Trinajstić information content (AvgIpc) is 2.78. The van der Waals surface area contributed by atoms with Crippen molar-refractivity contribution in [1.82, 2.24) is 9.80 Å². The van der Waals surface area contributed by atoms with E-state index in [9.17, 15) is 9.90 Å². The van der Waals surface area contributed by atoms with Gasteiger partial charge >= 0.3 is 0 Å². The first-order valence-electron chi connectivity index (χ1n) is 11.7. The molecule has 172 valence electrons. The van der Waals surface area contributed by atoms with E-state index in [0.29, 0.717) is 31.3 Å². The lowest BCUT2D eigenvalue weighted by atomic mass is 9.98. The van der Waals surface area contributed by atoms with Crippen LogP contribution in [0.4, 0.5) is 5.69 Å². The molecule has 1 N–H and O–H groups in total. The Morgan fingerprint density at radius 1 is 1.09 bits per heavy atom. The molecule has 1 amide bonds. The maximum absolute atomic E-state index is 12.6. The summed E-state index contributed by atoms with van der Waals surface area (Å²) >= 11 is 0. The molecule has 2 aromatic rings. The lowest BCUT2D eigenvalue weighted by Gasteiger charge is -2.45. The molecule has 0 aliphatic carbocycles. The quantitative estimate of drug-likeness (QED) is 0.618. The van der Waals surface area contributed by atoms with Crippen molar-refractivity contribution in [3.63, 3.8) is 0 Å². The fourth-order valence-corrected chi connectivity index (χ4v) is 4.66. The standard InChI is InChI=1S/C27H37N3O2/c1-6-16-29-18-21(5)30(19-20(29)4)26-24(10-9-11-25(26)31)17-22-12-14-23(15-13-22)27(32)28(7-2)8-3/h6,9-15,20-21,31H,1,7-8,16-19H2,2-5H3/t20-,21-/m1/s1. The summed E-state index contributed by atoms with van der Waals surface area (Å²) in [5, 5.41) is 10.8. The molecule has 5 heteroatoms. The zero-order chi connectivity index (χ0) is 23.3. The number of phenolic OH excluding ortho intramolecular Hbond substituents is 1. The predicted octanol–water partition coefficient (Wildman–Crippen LogP) is 4.55. The summed E-state index contributed by atoms with van der Waals surface area (Å²) in [5.41, 5.74) is 3.87. The molecule has 0 unspecified atom stereocenters. The number of aromatic hydroxyl groups is 1. The number of hydrogen-bond donors (Lipinski definition) is 1. The van der Waals surface area contributed by atoms with Gasteiger partial charge < -0.3 is 14.9 Å². The van der Waals surface area contributed by atoms with E-state index in [0.717, 1.165) is 42.0 Å². The number of benzene rings is 2. The van der Waals surface area contributed by atoms with Gasteiger partial charge in [-0.3, -0.25) is 9.69 Å². The van der Waals surface area contributed by atoms with Gasteiger partial charge in [0.25, 0.3) is 5.91 Å². The van der Waals surface area contributed by atoms with Crippen LogP contribution in [0, 0.1) is 0 Å². The van der Waals surface area contributed by atoms with Crippen LogP contribution in [0.15, 0.2) is 55.1 Å². The molecule has 0 spiro atoms. The smallest absolute Gasteiger partial charge is 0.253 e. The number of amides is 1. The lowest BCUT2D eigenvalue weighted by molar-refractivity contribution is 0.0773. The molecule has 32 heavy (non-hydrogen) atoms. The van der Waals surface area contributed by atoms with Gasteiger partial charge in [-0.05, 0) is 63.4 Å². The molecule has 0 aromatic heterocycles. The largest absolute Gasteiger partial charge is 0.506 e. The number of rotatable bonds is 8. The van der Waals surface area contributed by atoms with E-state index >= 15 is 0 Å². The lowest BCUT2D eigenvalue weighted by Crippen LogP contribution is -2.56. The highest BCUT2D eigenvalue weighted by Crippen LogP contribution is 2.36. The Labute approximate surface area is 193 Å². The molecule has 1 aliphatic heterocycles. The molecule has 1 fully saturated rings. The van der Waals surface area contributed by atoms with Gasteiger partial charge in [0.15, 0.2) is 0 Å². The maximum atomic E-state index is 12.6. The Bertz CT molecular complexity index is 921. The third-order valence-corrected chi connectivity index (χ3v) is 6.51. The summed E-state index contributed by atoms with van der Waals surface area (Å²) in [6.07, 6.45) is 2.66. The average molecular weight is 436 g/mol. The minimum absolute atomic E-state index is 0.0693. The van der Waals surface area contributed by atoms with E-state index in [-0.39, 0.29) is 11.9 Å². The van der Waals surface area contributed by atoms with Crippen LogP contribution in [0.25, 0.3) is 0 Å². The van der Waals surface area contributed by atoms with Gasteiger partial charge in [0, 0.05) is 50.4 Å². The van der Waals surface area contributed by atoms with E-state index < -0.39 is 0 Å². The van der Waals surface area contributed by atoms with Crippen LogP contribution in [0.1, 0.15) is 49.2 Å². The maximum Gasteiger partial charge on any atom is 0.253 e.